The summed E-state index contributed by atoms with van der Waals surface area (Å²) in [6.07, 6.45) is 0. The smallest absolute Gasteiger partial charge is 0.136 e. The van der Waals surface area contributed by atoms with E-state index < -0.39 is 0 Å². The summed E-state index contributed by atoms with van der Waals surface area (Å²) < 4.78 is 22.9. The van der Waals surface area contributed by atoms with E-state index in [4.69, 9.17) is 4.74 Å². The Balaban J connectivity index is 2.04. The van der Waals surface area contributed by atoms with E-state index in [0.717, 1.165) is 17.2 Å². The normalized spacial score (nSPS) is 10.4. The lowest BCUT2D eigenvalue weighted by Gasteiger charge is -2.07. The van der Waals surface area contributed by atoms with Crippen molar-refractivity contribution in [3.05, 3.63) is 34.2 Å². The van der Waals surface area contributed by atoms with Crippen molar-refractivity contribution in [2.75, 3.05) is 11.9 Å². The summed E-state index contributed by atoms with van der Waals surface area (Å²) in [5.74, 6) is 0.268. The van der Waals surface area contributed by atoms with E-state index in [9.17, 15) is 4.39 Å². The number of nitrogens with one attached hydrogen (secondary N) is 1. The van der Waals surface area contributed by atoms with Crippen molar-refractivity contribution in [3.63, 3.8) is 0 Å². The lowest BCUT2D eigenvalue weighted by molar-refractivity contribution is 0.299. The molecule has 1 aromatic carbocycles. The van der Waals surface area contributed by atoms with Gasteiger partial charge in [0.1, 0.15) is 28.9 Å². The van der Waals surface area contributed by atoms with Crippen molar-refractivity contribution in [3.8, 4) is 5.75 Å². The summed E-state index contributed by atoms with van der Waals surface area (Å²) >= 11 is 4.54. The van der Waals surface area contributed by atoms with Gasteiger partial charge in [-0.1, -0.05) is 4.49 Å². The Bertz CT molecular complexity index is 535. The van der Waals surface area contributed by atoms with Crippen molar-refractivity contribution < 1.29 is 9.13 Å². The Kier molecular flexibility index (Phi) is 4.48. The predicted molar refractivity (Wildman–Crippen MR) is 72.5 cm³/mol. The van der Waals surface area contributed by atoms with Gasteiger partial charge in [-0.3, -0.25) is 0 Å². The molecule has 1 heterocycles. The van der Waals surface area contributed by atoms with E-state index in [1.165, 1.54) is 23.7 Å². The number of anilines is 1. The van der Waals surface area contributed by atoms with Crippen LogP contribution in [0.15, 0.2) is 22.7 Å². The summed E-state index contributed by atoms with van der Waals surface area (Å²) in [6, 6.07) is 4.29. The molecule has 0 amide bonds. The standard InChI is InChI=1S/C11H11BrFN3OS/c1-2-14-11-9(15-16-18-11)6-17-10-4-3-7(13)5-8(10)12/h3-5,14H,2,6H2,1H3. The fourth-order valence-electron chi connectivity index (χ4n) is 1.34. The van der Waals surface area contributed by atoms with Gasteiger partial charge in [0.15, 0.2) is 0 Å². The van der Waals surface area contributed by atoms with Gasteiger partial charge in [0.2, 0.25) is 0 Å². The molecule has 7 heteroatoms. The molecule has 0 aliphatic carbocycles. The number of nitrogens with zero attached hydrogens (tertiary/aromatic N) is 2. The van der Waals surface area contributed by atoms with Crippen molar-refractivity contribution in [2.45, 2.75) is 13.5 Å². The Morgan fingerprint density at radius 1 is 1.50 bits per heavy atom. The molecule has 0 saturated heterocycles. The van der Waals surface area contributed by atoms with Gasteiger partial charge < -0.3 is 10.1 Å². The van der Waals surface area contributed by atoms with Crippen molar-refractivity contribution in [1.82, 2.24) is 9.59 Å². The molecular formula is C11H11BrFN3OS. The van der Waals surface area contributed by atoms with Gasteiger partial charge in [-0.15, -0.1) is 5.10 Å². The van der Waals surface area contributed by atoms with Gasteiger partial charge in [-0.25, -0.2) is 4.39 Å². The van der Waals surface area contributed by atoms with Crippen LogP contribution in [0.2, 0.25) is 0 Å². The Labute approximate surface area is 116 Å². The molecule has 0 spiro atoms. The second kappa shape index (κ2) is 6.10. The number of hydrogen-bond acceptors (Lipinski definition) is 5. The number of ether oxygens (including phenoxy) is 1. The first-order valence-electron chi connectivity index (χ1n) is 5.33. The van der Waals surface area contributed by atoms with Gasteiger partial charge in [0, 0.05) is 18.1 Å². The maximum atomic E-state index is 12.9. The average Bonchev–Trinajstić information content (AvgIpc) is 2.76. The molecule has 0 unspecified atom stereocenters. The van der Waals surface area contributed by atoms with E-state index >= 15 is 0 Å². The van der Waals surface area contributed by atoms with Gasteiger partial charge >= 0.3 is 0 Å². The second-order valence-electron chi connectivity index (χ2n) is 3.44. The van der Waals surface area contributed by atoms with E-state index in [1.807, 2.05) is 6.92 Å². The maximum absolute atomic E-state index is 12.9. The zero-order valence-electron chi connectivity index (χ0n) is 9.61. The number of hydrogen-bond donors (Lipinski definition) is 1. The van der Waals surface area contributed by atoms with Crippen LogP contribution in [0.1, 0.15) is 12.6 Å². The highest BCUT2D eigenvalue weighted by Crippen LogP contribution is 2.27. The summed E-state index contributed by atoms with van der Waals surface area (Å²) in [5, 5.41) is 8.05. The fraction of sp³-hybridized carbons (Fsp3) is 0.273. The van der Waals surface area contributed by atoms with E-state index in [2.05, 4.69) is 30.8 Å². The third kappa shape index (κ3) is 3.17. The van der Waals surface area contributed by atoms with Crippen molar-refractivity contribution >= 4 is 32.5 Å². The average molecular weight is 332 g/mol. The van der Waals surface area contributed by atoms with Gasteiger partial charge in [0.25, 0.3) is 0 Å². The molecule has 18 heavy (non-hydrogen) atoms. The Hall–Kier alpha value is -1.21. The van der Waals surface area contributed by atoms with E-state index in [-0.39, 0.29) is 5.82 Å². The molecule has 0 bridgehead atoms. The van der Waals surface area contributed by atoms with E-state index in [1.54, 1.807) is 6.07 Å². The third-order valence-corrected chi connectivity index (χ3v) is 3.50. The minimum Gasteiger partial charge on any atom is -0.486 e. The molecule has 0 radical (unpaired) electrons. The highest BCUT2D eigenvalue weighted by Gasteiger charge is 2.09. The van der Waals surface area contributed by atoms with Crippen LogP contribution in [0.3, 0.4) is 0 Å². The molecular weight excluding hydrogens is 321 g/mol. The number of aromatic nitrogens is 2. The molecule has 0 atom stereocenters. The lowest BCUT2D eigenvalue weighted by atomic mass is 10.3. The van der Waals surface area contributed by atoms with Crippen molar-refractivity contribution in [1.29, 1.82) is 0 Å². The van der Waals surface area contributed by atoms with E-state index in [0.29, 0.717) is 16.8 Å². The van der Waals surface area contributed by atoms with Gasteiger partial charge in [-0.05, 0) is 41.1 Å². The van der Waals surface area contributed by atoms with Crippen LogP contribution in [0.4, 0.5) is 9.39 Å². The highest BCUT2D eigenvalue weighted by molar-refractivity contribution is 9.10. The minimum absolute atomic E-state index is 0.295. The first-order chi connectivity index (χ1) is 8.70. The molecule has 1 aromatic heterocycles. The molecule has 0 fully saturated rings. The van der Waals surface area contributed by atoms with Crippen LogP contribution in [-0.4, -0.2) is 16.1 Å². The van der Waals surface area contributed by atoms with Crippen molar-refractivity contribution in [2.24, 2.45) is 0 Å². The topological polar surface area (TPSA) is 47.0 Å². The molecule has 0 aliphatic heterocycles. The molecule has 0 saturated carbocycles. The summed E-state index contributed by atoms with van der Waals surface area (Å²) in [4.78, 5) is 0. The van der Waals surface area contributed by atoms with Crippen LogP contribution in [0.25, 0.3) is 0 Å². The van der Waals surface area contributed by atoms with Crippen LogP contribution < -0.4 is 10.1 Å². The quantitative estimate of drug-likeness (QED) is 0.911. The Morgan fingerprint density at radius 3 is 3.06 bits per heavy atom. The van der Waals surface area contributed by atoms with Crippen LogP contribution in [-0.2, 0) is 6.61 Å². The molecule has 0 aliphatic rings. The maximum Gasteiger partial charge on any atom is 0.136 e. The monoisotopic (exact) mass is 331 g/mol. The van der Waals surface area contributed by atoms with Crippen LogP contribution >= 0.6 is 27.5 Å². The number of benzene rings is 1. The fourth-order valence-corrected chi connectivity index (χ4v) is 2.44. The predicted octanol–water partition coefficient (Wildman–Crippen LogP) is 3.45. The first-order valence-corrected chi connectivity index (χ1v) is 6.90. The summed E-state index contributed by atoms with van der Waals surface area (Å²) in [5.41, 5.74) is 0.748. The molecule has 2 aromatic rings. The molecule has 1 N–H and O–H groups in total. The molecule has 4 nitrogen and oxygen atoms in total. The number of halogens is 2. The Morgan fingerprint density at radius 2 is 2.33 bits per heavy atom. The highest BCUT2D eigenvalue weighted by atomic mass is 79.9. The van der Waals surface area contributed by atoms with Crippen LogP contribution in [0, 0.1) is 5.82 Å². The SMILES string of the molecule is CCNc1snnc1COc1ccc(F)cc1Br. The third-order valence-electron chi connectivity index (χ3n) is 2.15. The second-order valence-corrected chi connectivity index (χ2v) is 5.05. The largest absolute Gasteiger partial charge is 0.486 e. The minimum atomic E-state index is -0.308. The lowest BCUT2D eigenvalue weighted by Crippen LogP contribution is -2.02. The first kappa shape index (κ1) is 13.2. The zero-order valence-corrected chi connectivity index (χ0v) is 12.0. The van der Waals surface area contributed by atoms with Gasteiger partial charge in [-0.2, -0.15) is 0 Å². The molecule has 2 rings (SSSR count). The number of rotatable bonds is 5. The molecule has 96 valence electrons. The summed E-state index contributed by atoms with van der Waals surface area (Å²) in [6.45, 7) is 3.10. The summed E-state index contributed by atoms with van der Waals surface area (Å²) in [7, 11) is 0. The van der Waals surface area contributed by atoms with Gasteiger partial charge in [0.05, 0.1) is 4.47 Å². The van der Waals surface area contributed by atoms with Crippen LogP contribution in [0.5, 0.6) is 5.75 Å². The zero-order chi connectivity index (χ0) is 13.0.